The number of aliphatic hydroxyl groups is 1. The van der Waals surface area contributed by atoms with Gasteiger partial charge in [-0.15, -0.1) is 5.10 Å². The molecule has 23 heavy (non-hydrogen) atoms. The van der Waals surface area contributed by atoms with Crippen LogP contribution in [-0.2, 0) is 15.6 Å². The molecule has 2 aliphatic rings. The van der Waals surface area contributed by atoms with Gasteiger partial charge in [0.25, 0.3) is 0 Å². The third-order valence-corrected chi connectivity index (χ3v) is 6.68. The molecular weight excluding hydrogens is 316 g/mol. The smallest absolute Gasteiger partial charge is 0.214 e. The van der Waals surface area contributed by atoms with Crippen LogP contribution in [0.1, 0.15) is 57.7 Å². The summed E-state index contributed by atoms with van der Waals surface area (Å²) in [6.45, 7) is 4.53. The molecule has 3 rings (SSSR count). The number of piperidine rings is 1. The Kier molecular flexibility index (Phi) is 4.50. The third kappa shape index (κ3) is 3.75. The number of hydrogen-bond donors (Lipinski definition) is 1. The molecule has 2 fully saturated rings. The Labute approximate surface area is 137 Å². The Morgan fingerprint density at radius 1 is 1.43 bits per heavy atom. The second-order valence-corrected chi connectivity index (χ2v) is 9.28. The molecule has 1 aromatic rings. The number of rotatable bonds is 6. The van der Waals surface area contributed by atoms with Gasteiger partial charge in [0.1, 0.15) is 11.3 Å². The molecule has 130 valence electrons. The molecule has 1 N–H and O–H groups in total. The number of nitrogens with zero attached hydrogens (tertiary/aromatic N) is 4. The molecule has 7 nitrogen and oxygen atoms in total. The van der Waals surface area contributed by atoms with Crippen molar-refractivity contribution < 1.29 is 13.5 Å². The maximum Gasteiger partial charge on any atom is 0.214 e. The van der Waals surface area contributed by atoms with Gasteiger partial charge < -0.3 is 5.11 Å². The Morgan fingerprint density at radius 2 is 2.17 bits per heavy atom. The average Bonchev–Trinajstić information content (AvgIpc) is 3.18. The van der Waals surface area contributed by atoms with E-state index >= 15 is 0 Å². The van der Waals surface area contributed by atoms with Gasteiger partial charge in [0.15, 0.2) is 0 Å². The van der Waals surface area contributed by atoms with Crippen molar-refractivity contribution in [3.05, 3.63) is 11.9 Å². The molecule has 1 aliphatic heterocycles. The highest BCUT2D eigenvalue weighted by Gasteiger charge is 2.41. The minimum Gasteiger partial charge on any atom is -0.382 e. The maximum atomic E-state index is 12.5. The summed E-state index contributed by atoms with van der Waals surface area (Å²) in [7, 11) is -3.31. The Hall–Kier alpha value is -0.990. The minimum absolute atomic E-state index is 0.0801. The minimum atomic E-state index is -3.31. The summed E-state index contributed by atoms with van der Waals surface area (Å²) in [6.07, 6.45) is 5.91. The standard InChI is InChI=1S/C15H26N4O3S/c1-12(2)19-10-14(16-17-19)15(20)7-3-8-18(11-15)23(21,22)9-6-13-4-5-13/h10,12-13,20H,3-9,11H2,1-2H3/t15-/m0/s1. The molecule has 0 radical (unpaired) electrons. The fourth-order valence-corrected chi connectivity index (χ4v) is 4.74. The second-order valence-electron chi connectivity index (χ2n) is 7.19. The summed E-state index contributed by atoms with van der Waals surface area (Å²) < 4.78 is 28.2. The lowest BCUT2D eigenvalue weighted by Crippen LogP contribution is -2.49. The number of sulfonamides is 1. The fourth-order valence-electron chi connectivity index (χ4n) is 3.04. The van der Waals surface area contributed by atoms with Crippen molar-refractivity contribution in [3.8, 4) is 0 Å². The zero-order chi connectivity index (χ0) is 16.7. The molecule has 0 aromatic carbocycles. The van der Waals surface area contributed by atoms with E-state index in [-0.39, 0.29) is 18.3 Å². The predicted molar refractivity (Wildman–Crippen MR) is 86.2 cm³/mol. The van der Waals surface area contributed by atoms with E-state index in [9.17, 15) is 13.5 Å². The molecule has 1 atom stereocenters. The number of β-amino-alcohol motifs (C(OH)–C–C–N with tert-alkyl or cyclic N) is 1. The zero-order valence-electron chi connectivity index (χ0n) is 13.8. The van der Waals surface area contributed by atoms with E-state index < -0.39 is 15.6 Å². The molecule has 0 unspecified atom stereocenters. The highest BCUT2D eigenvalue weighted by Crippen LogP contribution is 2.35. The first-order valence-corrected chi connectivity index (χ1v) is 10.0. The summed E-state index contributed by atoms with van der Waals surface area (Å²) in [4.78, 5) is 0. The first-order chi connectivity index (χ1) is 10.8. The van der Waals surface area contributed by atoms with E-state index in [4.69, 9.17) is 0 Å². The molecule has 0 bridgehead atoms. The summed E-state index contributed by atoms with van der Waals surface area (Å²) >= 11 is 0. The highest BCUT2D eigenvalue weighted by atomic mass is 32.2. The quantitative estimate of drug-likeness (QED) is 0.841. The molecule has 1 aromatic heterocycles. The monoisotopic (exact) mass is 342 g/mol. The van der Waals surface area contributed by atoms with Gasteiger partial charge in [0.2, 0.25) is 10.0 Å². The predicted octanol–water partition coefficient (Wildman–Crippen LogP) is 1.27. The van der Waals surface area contributed by atoms with E-state index in [0.29, 0.717) is 31.0 Å². The van der Waals surface area contributed by atoms with Crippen LogP contribution in [-0.4, -0.2) is 51.7 Å². The molecular formula is C15H26N4O3S. The van der Waals surface area contributed by atoms with Crippen molar-refractivity contribution in [1.82, 2.24) is 19.3 Å². The molecule has 1 saturated heterocycles. The lowest BCUT2D eigenvalue weighted by Gasteiger charge is -2.37. The van der Waals surface area contributed by atoms with Crippen molar-refractivity contribution in [2.24, 2.45) is 5.92 Å². The van der Waals surface area contributed by atoms with Crippen LogP contribution in [0.4, 0.5) is 0 Å². The van der Waals surface area contributed by atoms with Gasteiger partial charge in [0.05, 0.1) is 11.9 Å². The second kappa shape index (κ2) is 6.14. The summed E-state index contributed by atoms with van der Waals surface area (Å²) in [5.74, 6) is 0.770. The lowest BCUT2D eigenvalue weighted by molar-refractivity contribution is -0.0161. The van der Waals surface area contributed by atoms with Crippen LogP contribution in [0.5, 0.6) is 0 Å². The van der Waals surface area contributed by atoms with Gasteiger partial charge in [-0.25, -0.2) is 13.1 Å². The molecule has 8 heteroatoms. The van der Waals surface area contributed by atoms with Gasteiger partial charge >= 0.3 is 0 Å². The number of aromatic nitrogens is 3. The Morgan fingerprint density at radius 3 is 2.78 bits per heavy atom. The Balaban J connectivity index is 1.72. The van der Waals surface area contributed by atoms with Crippen LogP contribution in [0, 0.1) is 5.92 Å². The van der Waals surface area contributed by atoms with Gasteiger partial charge in [-0.2, -0.15) is 4.31 Å². The van der Waals surface area contributed by atoms with E-state index in [2.05, 4.69) is 10.3 Å². The third-order valence-electron chi connectivity index (χ3n) is 4.83. The Bertz CT molecular complexity index is 653. The van der Waals surface area contributed by atoms with Crippen molar-refractivity contribution in [3.63, 3.8) is 0 Å². The van der Waals surface area contributed by atoms with E-state index in [1.54, 1.807) is 10.9 Å². The first kappa shape index (κ1) is 16.9. The number of hydrogen-bond acceptors (Lipinski definition) is 5. The van der Waals surface area contributed by atoms with Crippen molar-refractivity contribution >= 4 is 10.0 Å². The molecule has 2 heterocycles. The first-order valence-electron chi connectivity index (χ1n) is 8.43. The topological polar surface area (TPSA) is 88.3 Å². The van der Waals surface area contributed by atoms with Gasteiger partial charge in [-0.05, 0) is 39.0 Å². The maximum absolute atomic E-state index is 12.5. The van der Waals surface area contributed by atoms with E-state index in [1.807, 2.05) is 13.8 Å². The van der Waals surface area contributed by atoms with Crippen LogP contribution < -0.4 is 0 Å². The van der Waals surface area contributed by atoms with E-state index in [1.165, 1.54) is 4.31 Å². The van der Waals surface area contributed by atoms with Crippen molar-refractivity contribution in [2.45, 2.75) is 57.6 Å². The van der Waals surface area contributed by atoms with Crippen molar-refractivity contribution in [1.29, 1.82) is 0 Å². The van der Waals surface area contributed by atoms with Crippen LogP contribution in [0.3, 0.4) is 0 Å². The molecule has 1 saturated carbocycles. The van der Waals surface area contributed by atoms with Crippen LogP contribution in [0.15, 0.2) is 6.20 Å². The van der Waals surface area contributed by atoms with Crippen LogP contribution >= 0.6 is 0 Å². The van der Waals surface area contributed by atoms with Gasteiger partial charge in [-0.3, -0.25) is 0 Å². The van der Waals surface area contributed by atoms with Gasteiger partial charge in [-0.1, -0.05) is 18.1 Å². The van der Waals surface area contributed by atoms with Crippen molar-refractivity contribution in [2.75, 3.05) is 18.8 Å². The molecule has 1 aliphatic carbocycles. The summed E-state index contributed by atoms with van der Waals surface area (Å²) in [6, 6.07) is 0.154. The SMILES string of the molecule is CC(C)n1cc([C@]2(O)CCCN(S(=O)(=O)CCC3CC3)C2)nn1. The zero-order valence-corrected chi connectivity index (χ0v) is 14.7. The lowest BCUT2D eigenvalue weighted by atomic mass is 9.91. The highest BCUT2D eigenvalue weighted by molar-refractivity contribution is 7.89. The van der Waals surface area contributed by atoms with Gasteiger partial charge in [0, 0.05) is 19.1 Å². The fraction of sp³-hybridized carbons (Fsp3) is 0.867. The van der Waals surface area contributed by atoms with E-state index in [0.717, 1.165) is 19.3 Å². The van der Waals surface area contributed by atoms with Crippen LogP contribution in [0.25, 0.3) is 0 Å². The largest absolute Gasteiger partial charge is 0.382 e. The molecule has 0 amide bonds. The summed E-state index contributed by atoms with van der Waals surface area (Å²) in [5, 5.41) is 19.0. The molecule has 0 spiro atoms. The summed E-state index contributed by atoms with van der Waals surface area (Å²) in [5.41, 5.74) is -0.772. The normalized spacial score (nSPS) is 26.8. The van der Waals surface area contributed by atoms with Crippen LogP contribution in [0.2, 0.25) is 0 Å². The average molecular weight is 342 g/mol.